The van der Waals surface area contributed by atoms with Crippen LogP contribution in [0.3, 0.4) is 0 Å². The van der Waals surface area contributed by atoms with Gasteiger partial charge in [-0.15, -0.1) is 0 Å². The number of fused-ring (bicyclic) bond motifs is 1. The fourth-order valence-electron chi connectivity index (χ4n) is 4.93. The van der Waals surface area contributed by atoms with Gasteiger partial charge in [-0.3, -0.25) is 14.5 Å². The maximum atomic E-state index is 13.1. The SMILES string of the molecule is COc1ccc(C(=O)N2CCC(C(=O)N3CCN(Cc4ccc5c(c4)OCO5)CC3)CC2)cc1. The highest BCUT2D eigenvalue weighted by atomic mass is 16.7. The molecule has 0 atom stereocenters. The first-order chi connectivity index (χ1) is 16.6. The minimum Gasteiger partial charge on any atom is -0.497 e. The zero-order chi connectivity index (χ0) is 23.5. The molecule has 0 N–H and O–H groups in total. The second-order valence-corrected chi connectivity index (χ2v) is 9.08. The summed E-state index contributed by atoms with van der Waals surface area (Å²) in [5, 5.41) is 0. The van der Waals surface area contributed by atoms with Crippen molar-refractivity contribution in [2.75, 3.05) is 53.2 Å². The molecule has 2 fully saturated rings. The molecular weight excluding hydrogens is 434 g/mol. The molecule has 2 aromatic carbocycles. The molecule has 2 amide bonds. The van der Waals surface area contributed by atoms with Crippen molar-refractivity contribution in [3.63, 3.8) is 0 Å². The number of benzene rings is 2. The topological polar surface area (TPSA) is 71.6 Å². The molecular formula is C26H31N3O5. The maximum absolute atomic E-state index is 13.1. The van der Waals surface area contributed by atoms with E-state index in [1.807, 2.05) is 21.9 Å². The number of nitrogens with zero attached hydrogens (tertiary/aromatic N) is 3. The smallest absolute Gasteiger partial charge is 0.253 e. The van der Waals surface area contributed by atoms with Gasteiger partial charge in [-0.05, 0) is 54.8 Å². The van der Waals surface area contributed by atoms with Gasteiger partial charge >= 0.3 is 0 Å². The van der Waals surface area contributed by atoms with Crippen LogP contribution in [0.2, 0.25) is 0 Å². The van der Waals surface area contributed by atoms with Crippen LogP contribution in [-0.2, 0) is 11.3 Å². The van der Waals surface area contributed by atoms with E-state index in [4.69, 9.17) is 14.2 Å². The Hall–Kier alpha value is -3.26. The molecule has 8 heteroatoms. The van der Waals surface area contributed by atoms with Crippen molar-refractivity contribution >= 4 is 11.8 Å². The van der Waals surface area contributed by atoms with Crippen LogP contribution >= 0.6 is 0 Å². The number of piperazine rings is 1. The summed E-state index contributed by atoms with van der Waals surface area (Å²) in [7, 11) is 1.61. The van der Waals surface area contributed by atoms with E-state index >= 15 is 0 Å². The lowest BCUT2D eigenvalue weighted by atomic mass is 9.94. The number of ether oxygens (including phenoxy) is 3. The minimum atomic E-state index is 0.000303. The summed E-state index contributed by atoms with van der Waals surface area (Å²) in [6.45, 7) is 5.56. The third kappa shape index (κ3) is 4.82. The molecule has 34 heavy (non-hydrogen) atoms. The largest absolute Gasteiger partial charge is 0.497 e. The normalized spacial score (nSPS) is 18.7. The molecule has 0 aliphatic carbocycles. The Morgan fingerprint density at radius 3 is 2.29 bits per heavy atom. The summed E-state index contributed by atoms with van der Waals surface area (Å²) in [5.74, 6) is 2.60. The fourth-order valence-corrected chi connectivity index (χ4v) is 4.93. The first-order valence-corrected chi connectivity index (χ1v) is 11.9. The number of hydrogen-bond donors (Lipinski definition) is 0. The van der Waals surface area contributed by atoms with E-state index in [2.05, 4.69) is 11.0 Å². The molecule has 3 aliphatic heterocycles. The van der Waals surface area contributed by atoms with E-state index in [0.29, 0.717) is 18.7 Å². The minimum absolute atomic E-state index is 0.000303. The molecule has 0 bridgehead atoms. The average molecular weight is 466 g/mol. The Morgan fingerprint density at radius 1 is 0.882 bits per heavy atom. The highest BCUT2D eigenvalue weighted by Gasteiger charge is 2.32. The number of likely N-dealkylation sites (tertiary alicyclic amines) is 1. The summed E-state index contributed by atoms with van der Waals surface area (Å²) in [5.41, 5.74) is 1.85. The number of carbonyl (C=O) groups is 2. The monoisotopic (exact) mass is 465 g/mol. The van der Waals surface area contributed by atoms with Gasteiger partial charge in [0.2, 0.25) is 12.7 Å². The third-order valence-corrected chi connectivity index (χ3v) is 7.00. The molecule has 0 saturated carbocycles. The van der Waals surface area contributed by atoms with Crippen LogP contribution in [0.5, 0.6) is 17.2 Å². The van der Waals surface area contributed by atoms with Gasteiger partial charge in [-0.1, -0.05) is 6.07 Å². The first kappa shape index (κ1) is 22.5. The molecule has 0 unspecified atom stereocenters. The van der Waals surface area contributed by atoms with Crippen LogP contribution in [0.25, 0.3) is 0 Å². The van der Waals surface area contributed by atoms with E-state index in [1.54, 1.807) is 31.4 Å². The predicted molar refractivity (Wildman–Crippen MR) is 126 cm³/mol. The van der Waals surface area contributed by atoms with Crippen molar-refractivity contribution in [1.82, 2.24) is 14.7 Å². The highest BCUT2D eigenvalue weighted by Crippen LogP contribution is 2.33. The molecule has 3 heterocycles. The Labute approximate surface area is 200 Å². The average Bonchev–Trinajstić information content (AvgIpc) is 3.36. The summed E-state index contributed by atoms with van der Waals surface area (Å²) >= 11 is 0. The van der Waals surface area contributed by atoms with E-state index < -0.39 is 0 Å². The fraction of sp³-hybridized carbons (Fsp3) is 0.462. The molecule has 2 saturated heterocycles. The Kier molecular flexibility index (Phi) is 6.58. The molecule has 2 aromatic rings. The van der Waals surface area contributed by atoms with Gasteiger partial charge < -0.3 is 24.0 Å². The second-order valence-electron chi connectivity index (χ2n) is 9.08. The maximum Gasteiger partial charge on any atom is 0.253 e. The summed E-state index contributed by atoms with van der Waals surface area (Å²) < 4.78 is 16.0. The third-order valence-electron chi connectivity index (χ3n) is 7.00. The van der Waals surface area contributed by atoms with Crippen molar-refractivity contribution in [3.05, 3.63) is 53.6 Å². The lowest BCUT2D eigenvalue weighted by Crippen LogP contribution is -2.51. The standard InChI is InChI=1S/C26H31N3O5/c1-32-22-5-3-20(4-6-22)25(30)28-10-8-21(9-11-28)26(31)29-14-12-27(13-15-29)17-19-2-7-23-24(16-19)34-18-33-23/h2-7,16,21H,8-15,17-18H2,1H3. The van der Waals surface area contributed by atoms with Crippen molar-refractivity contribution in [2.24, 2.45) is 5.92 Å². The second kappa shape index (κ2) is 9.93. The zero-order valence-electron chi connectivity index (χ0n) is 19.6. The lowest BCUT2D eigenvalue weighted by molar-refractivity contribution is -0.138. The van der Waals surface area contributed by atoms with Gasteiger partial charge in [-0.25, -0.2) is 0 Å². The molecule has 3 aliphatic rings. The number of piperidine rings is 1. The number of hydrogen-bond acceptors (Lipinski definition) is 6. The van der Waals surface area contributed by atoms with Crippen LogP contribution < -0.4 is 14.2 Å². The summed E-state index contributed by atoms with van der Waals surface area (Å²) in [4.78, 5) is 32.1. The van der Waals surface area contributed by atoms with Crippen LogP contribution in [-0.4, -0.2) is 79.7 Å². The zero-order valence-corrected chi connectivity index (χ0v) is 19.6. The van der Waals surface area contributed by atoms with Crippen molar-refractivity contribution < 1.29 is 23.8 Å². The molecule has 180 valence electrons. The van der Waals surface area contributed by atoms with E-state index in [1.165, 1.54) is 5.56 Å². The summed E-state index contributed by atoms with van der Waals surface area (Å²) in [6.07, 6.45) is 1.44. The highest BCUT2D eigenvalue weighted by molar-refractivity contribution is 5.94. The van der Waals surface area contributed by atoms with Gasteiger partial charge in [0.15, 0.2) is 11.5 Å². The number of methoxy groups -OCH3 is 1. The predicted octanol–water partition coefficient (Wildman–Crippen LogP) is 2.62. The van der Waals surface area contributed by atoms with E-state index in [-0.39, 0.29) is 24.5 Å². The molecule has 0 radical (unpaired) electrons. The van der Waals surface area contributed by atoms with Crippen molar-refractivity contribution in [1.29, 1.82) is 0 Å². The number of rotatable bonds is 5. The Bertz CT molecular complexity index is 1030. The molecule has 0 spiro atoms. The molecule has 5 rings (SSSR count). The van der Waals surface area contributed by atoms with Gasteiger partial charge in [0.1, 0.15) is 5.75 Å². The van der Waals surface area contributed by atoms with Crippen LogP contribution in [0, 0.1) is 5.92 Å². The van der Waals surface area contributed by atoms with Gasteiger partial charge in [0.25, 0.3) is 5.91 Å². The quantitative estimate of drug-likeness (QED) is 0.676. The van der Waals surface area contributed by atoms with Gasteiger partial charge in [-0.2, -0.15) is 0 Å². The van der Waals surface area contributed by atoms with Crippen molar-refractivity contribution in [2.45, 2.75) is 19.4 Å². The first-order valence-electron chi connectivity index (χ1n) is 11.9. The Morgan fingerprint density at radius 2 is 1.59 bits per heavy atom. The van der Waals surface area contributed by atoms with Crippen LogP contribution in [0.1, 0.15) is 28.8 Å². The molecule has 8 nitrogen and oxygen atoms in total. The van der Waals surface area contributed by atoms with E-state index in [0.717, 1.165) is 62.8 Å². The molecule has 0 aromatic heterocycles. The van der Waals surface area contributed by atoms with Crippen LogP contribution in [0.4, 0.5) is 0 Å². The van der Waals surface area contributed by atoms with Gasteiger partial charge in [0.05, 0.1) is 7.11 Å². The lowest BCUT2D eigenvalue weighted by Gasteiger charge is -2.38. The van der Waals surface area contributed by atoms with Gasteiger partial charge in [0, 0.05) is 57.3 Å². The number of amides is 2. The number of carbonyl (C=O) groups excluding carboxylic acids is 2. The van der Waals surface area contributed by atoms with Crippen molar-refractivity contribution in [3.8, 4) is 17.2 Å². The van der Waals surface area contributed by atoms with Crippen LogP contribution in [0.15, 0.2) is 42.5 Å². The Balaban J connectivity index is 1.08. The summed E-state index contributed by atoms with van der Waals surface area (Å²) in [6, 6.07) is 13.3. The van der Waals surface area contributed by atoms with E-state index in [9.17, 15) is 9.59 Å².